The first-order chi connectivity index (χ1) is 13.7. The quantitative estimate of drug-likeness (QED) is 0.577. The molecule has 0 aromatic heterocycles. The van der Waals surface area contributed by atoms with Gasteiger partial charge in [-0.15, -0.1) is 0 Å². The maximum atomic E-state index is 13.9. The monoisotopic (exact) mass is 452 g/mol. The molecule has 0 saturated carbocycles. The van der Waals surface area contributed by atoms with Gasteiger partial charge in [0.1, 0.15) is 5.82 Å². The van der Waals surface area contributed by atoms with Crippen LogP contribution in [-0.4, -0.2) is 21.4 Å². The molecule has 0 atom stereocenters. The van der Waals surface area contributed by atoms with Crippen LogP contribution in [0.2, 0.25) is 10.0 Å². The Morgan fingerprint density at radius 3 is 2.28 bits per heavy atom. The Hall–Kier alpha value is -2.61. The number of benzene rings is 3. The van der Waals surface area contributed by atoms with Gasteiger partial charge in [-0.3, -0.25) is 9.10 Å². The minimum absolute atomic E-state index is 0.0601. The number of nitrogens with zero attached hydrogens (tertiary/aromatic N) is 1. The number of rotatable bonds is 5. The molecule has 0 aliphatic rings. The third-order valence-corrected chi connectivity index (χ3v) is 6.39. The number of carbonyl (C=O) groups excluding carboxylic acids is 1. The number of halogens is 3. The molecule has 1 amide bonds. The van der Waals surface area contributed by atoms with Crippen molar-refractivity contribution < 1.29 is 17.6 Å². The maximum Gasteiger partial charge on any atom is 0.264 e. The van der Waals surface area contributed by atoms with Gasteiger partial charge in [0.15, 0.2) is 0 Å². The van der Waals surface area contributed by atoms with Crippen LogP contribution in [0.4, 0.5) is 15.8 Å². The summed E-state index contributed by atoms with van der Waals surface area (Å²) in [6.07, 6.45) is 0. The van der Waals surface area contributed by atoms with Gasteiger partial charge in [-0.2, -0.15) is 0 Å². The molecular weight excluding hydrogens is 438 g/mol. The summed E-state index contributed by atoms with van der Waals surface area (Å²) in [4.78, 5) is 12.4. The van der Waals surface area contributed by atoms with Crippen LogP contribution in [0.5, 0.6) is 0 Å². The van der Waals surface area contributed by atoms with Crippen LogP contribution in [0, 0.1) is 5.82 Å². The van der Waals surface area contributed by atoms with Crippen LogP contribution in [0.1, 0.15) is 10.4 Å². The fourth-order valence-electron chi connectivity index (χ4n) is 2.53. The first-order valence-electron chi connectivity index (χ1n) is 8.29. The molecule has 0 unspecified atom stereocenters. The first kappa shape index (κ1) is 21.1. The van der Waals surface area contributed by atoms with Crippen molar-refractivity contribution in [2.45, 2.75) is 4.90 Å². The van der Waals surface area contributed by atoms with E-state index >= 15 is 0 Å². The van der Waals surface area contributed by atoms with Gasteiger partial charge in [-0.1, -0.05) is 29.3 Å². The largest absolute Gasteiger partial charge is 0.319 e. The summed E-state index contributed by atoms with van der Waals surface area (Å²) in [6, 6.07) is 15.6. The zero-order valence-corrected chi connectivity index (χ0v) is 17.4. The molecule has 9 heteroatoms. The highest BCUT2D eigenvalue weighted by Crippen LogP contribution is 2.25. The molecule has 0 spiro atoms. The van der Waals surface area contributed by atoms with Gasteiger partial charge in [0, 0.05) is 22.7 Å². The number of carbonyl (C=O) groups is 1. The number of hydrogen-bond donors (Lipinski definition) is 1. The molecule has 1 N–H and O–H groups in total. The summed E-state index contributed by atoms with van der Waals surface area (Å²) in [7, 11) is -2.53. The normalized spacial score (nSPS) is 11.2. The first-order valence-corrected chi connectivity index (χ1v) is 10.5. The van der Waals surface area contributed by atoms with E-state index in [4.69, 9.17) is 23.2 Å². The minimum atomic E-state index is -3.93. The SMILES string of the molecule is CN(c1ccc(Cl)cc1)S(=O)(=O)c1cccc(C(=O)Nc2ccc(Cl)cc2F)c1. The Labute approximate surface area is 177 Å². The van der Waals surface area contributed by atoms with Gasteiger partial charge in [-0.25, -0.2) is 12.8 Å². The van der Waals surface area contributed by atoms with Crippen molar-refractivity contribution in [2.75, 3.05) is 16.7 Å². The second-order valence-electron chi connectivity index (χ2n) is 6.06. The molecule has 5 nitrogen and oxygen atoms in total. The zero-order valence-electron chi connectivity index (χ0n) is 15.1. The van der Waals surface area contributed by atoms with Gasteiger partial charge in [0.05, 0.1) is 16.3 Å². The lowest BCUT2D eigenvalue weighted by atomic mass is 10.2. The molecule has 0 radical (unpaired) electrons. The van der Waals surface area contributed by atoms with Gasteiger partial charge >= 0.3 is 0 Å². The Balaban J connectivity index is 1.87. The topological polar surface area (TPSA) is 66.5 Å². The van der Waals surface area contributed by atoms with E-state index < -0.39 is 21.7 Å². The molecule has 3 aromatic rings. The molecule has 0 saturated heterocycles. The number of anilines is 2. The lowest BCUT2D eigenvalue weighted by Gasteiger charge is -2.20. The summed E-state index contributed by atoms with van der Waals surface area (Å²) in [5.41, 5.74) is 0.406. The third-order valence-electron chi connectivity index (χ3n) is 4.12. The van der Waals surface area contributed by atoms with E-state index in [9.17, 15) is 17.6 Å². The Morgan fingerprint density at radius 1 is 0.966 bits per heavy atom. The van der Waals surface area contributed by atoms with Crippen LogP contribution in [0.3, 0.4) is 0 Å². The predicted molar refractivity (Wildman–Crippen MR) is 113 cm³/mol. The molecule has 0 heterocycles. The zero-order chi connectivity index (χ0) is 21.2. The lowest BCUT2D eigenvalue weighted by Crippen LogP contribution is -2.26. The number of nitrogens with one attached hydrogen (secondary N) is 1. The van der Waals surface area contributed by atoms with Crippen LogP contribution >= 0.6 is 23.2 Å². The van der Waals surface area contributed by atoms with Crippen LogP contribution in [0.15, 0.2) is 71.6 Å². The molecule has 0 aliphatic heterocycles. The van der Waals surface area contributed by atoms with Crippen LogP contribution < -0.4 is 9.62 Å². The van der Waals surface area contributed by atoms with Gasteiger partial charge < -0.3 is 5.32 Å². The number of hydrogen-bond acceptors (Lipinski definition) is 3. The van der Waals surface area contributed by atoms with Crippen molar-refractivity contribution in [1.29, 1.82) is 0 Å². The second-order valence-corrected chi connectivity index (χ2v) is 8.90. The highest BCUT2D eigenvalue weighted by atomic mass is 35.5. The van der Waals surface area contributed by atoms with Gasteiger partial charge in [-0.05, 0) is 60.7 Å². The highest BCUT2D eigenvalue weighted by Gasteiger charge is 2.22. The Morgan fingerprint density at radius 2 is 1.62 bits per heavy atom. The van der Waals surface area contributed by atoms with Crippen molar-refractivity contribution in [1.82, 2.24) is 0 Å². The summed E-state index contributed by atoms with van der Waals surface area (Å²) >= 11 is 11.5. The fraction of sp³-hybridized carbons (Fsp3) is 0.0500. The molecule has 3 rings (SSSR count). The Kier molecular flexibility index (Phi) is 6.12. The molecule has 150 valence electrons. The Bertz CT molecular complexity index is 1170. The highest BCUT2D eigenvalue weighted by molar-refractivity contribution is 7.92. The average Bonchev–Trinajstić information content (AvgIpc) is 2.70. The van der Waals surface area contributed by atoms with E-state index in [1.54, 1.807) is 24.3 Å². The summed E-state index contributed by atoms with van der Waals surface area (Å²) in [5, 5.41) is 3.08. The molecular formula is C20H15Cl2FN2O3S. The predicted octanol–water partition coefficient (Wildman–Crippen LogP) is 5.21. The summed E-state index contributed by atoms with van der Waals surface area (Å²) < 4.78 is 40.8. The maximum absolute atomic E-state index is 13.9. The van der Waals surface area contributed by atoms with Crippen molar-refractivity contribution in [3.8, 4) is 0 Å². The van der Waals surface area contributed by atoms with E-state index in [0.29, 0.717) is 10.7 Å². The van der Waals surface area contributed by atoms with Gasteiger partial charge in [0.2, 0.25) is 0 Å². The second kappa shape index (κ2) is 8.41. The minimum Gasteiger partial charge on any atom is -0.319 e. The van der Waals surface area contributed by atoms with Crippen molar-refractivity contribution in [3.05, 3.63) is 88.2 Å². The van der Waals surface area contributed by atoms with Crippen LogP contribution in [-0.2, 0) is 10.0 Å². The van der Waals surface area contributed by atoms with E-state index in [2.05, 4.69) is 5.32 Å². The standard InChI is InChI=1S/C20H15Cl2FN2O3S/c1-25(16-8-5-14(21)6-9-16)29(27,28)17-4-2-3-13(11-17)20(26)24-19-10-7-15(22)12-18(19)23/h2-12H,1H3,(H,24,26). The lowest BCUT2D eigenvalue weighted by molar-refractivity contribution is 0.102. The van der Waals surface area contributed by atoms with E-state index in [1.807, 2.05) is 0 Å². The molecule has 0 bridgehead atoms. The van der Waals surface area contributed by atoms with E-state index in [1.165, 1.54) is 43.4 Å². The summed E-state index contributed by atoms with van der Waals surface area (Å²) in [5.74, 6) is -1.35. The van der Waals surface area contributed by atoms with Crippen molar-refractivity contribution in [3.63, 3.8) is 0 Å². The smallest absolute Gasteiger partial charge is 0.264 e. The van der Waals surface area contributed by atoms with E-state index in [-0.39, 0.29) is 21.2 Å². The van der Waals surface area contributed by atoms with Gasteiger partial charge in [0.25, 0.3) is 15.9 Å². The molecule has 0 fully saturated rings. The fourth-order valence-corrected chi connectivity index (χ4v) is 4.06. The molecule has 3 aromatic carbocycles. The third kappa shape index (κ3) is 4.70. The molecule has 0 aliphatic carbocycles. The number of amides is 1. The van der Waals surface area contributed by atoms with E-state index in [0.717, 1.165) is 10.4 Å². The summed E-state index contributed by atoms with van der Waals surface area (Å²) in [6.45, 7) is 0. The van der Waals surface area contributed by atoms with Crippen LogP contribution in [0.25, 0.3) is 0 Å². The van der Waals surface area contributed by atoms with Crippen molar-refractivity contribution >= 4 is 50.5 Å². The molecule has 29 heavy (non-hydrogen) atoms. The number of sulfonamides is 1. The average molecular weight is 453 g/mol. The van der Waals surface area contributed by atoms with Crippen molar-refractivity contribution in [2.24, 2.45) is 0 Å².